The Morgan fingerprint density at radius 2 is 2.08 bits per heavy atom. The van der Waals surface area contributed by atoms with Crippen molar-refractivity contribution in [2.45, 2.75) is 11.6 Å². The Kier molecular flexibility index (Phi) is 5.03. The first-order valence-electron chi connectivity index (χ1n) is 7.24. The van der Waals surface area contributed by atoms with E-state index in [1.807, 2.05) is 0 Å². The molecular formula is C16H13F2N5OS. The van der Waals surface area contributed by atoms with Crippen LogP contribution in [0.2, 0.25) is 0 Å². The molecule has 2 aromatic heterocycles. The molecule has 0 unspecified atom stereocenters. The van der Waals surface area contributed by atoms with Crippen LogP contribution in [-0.4, -0.2) is 31.4 Å². The zero-order valence-electron chi connectivity index (χ0n) is 12.9. The Bertz CT molecular complexity index is 901. The van der Waals surface area contributed by atoms with Crippen LogP contribution in [-0.2, 0) is 11.2 Å². The lowest BCUT2D eigenvalue weighted by atomic mass is 10.1. The monoisotopic (exact) mass is 361 g/mol. The largest absolute Gasteiger partial charge is 0.335 e. The van der Waals surface area contributed by atoms with Gasteiger partial charge in [-0.3, -0.25) is 9.78 Å². The van der Waals surface area contributed by atoms with Crippen LogP contribution < -0.4 is 5.84 Å². The van der Waals surface area contributed by atoms with Gasteiger partial charge in [0.2, 0.25) is 5.16 Å². The molecule has 0 aliphatic rings. The molecule has 0 aliphatic carbocycles. The van der Waals surface area contributed by atoms with Crippen molar-refractivity contribution in [1.29, 1.82) is 0 Å². The number of nitrogen functional groups attached to an aromatic ring is 1. The quantitative estimate of drug-likeness (QED) is 0.535. The third kappa shape index (κ3) is 4.00. The Morgan fingerprint density at radius 3 is 2.80 bits per heavy atom. The van der Waals surface area contributed by atoms with Gasteiger partial charge in [-0.25, -0.2) is 13.5 Å². The molecule has 3 rings (SSSR count). The van der Waals surface area contributed by atoms with E-state index in [1.165, 1.54) is 10.7 Å². The topological polar surface area (TPSA) is 86.7 Å². The van der Waals surface area contributed by atoms with E-state index >= 15 is 0 Å². The lowest BCUT2D eigenvalue weighted by molar-refractivity contribution is -0.116. The van der Waals surface area contributed by atoms with E-state index in [1.54, 1.807) is 24.5 Å². The molecule has 0 radical (unpaired) electrons. The predicted octanol–water partition coefficient (Wildman–Crippen LogP) is 2.24. The molecule has 6 nitrogen and oxygen atoms in total. The lowest BCUT2D eigenvalue weighted by Crippen LogP contribution is -2.13. The van der Waals surface area contributed by atoms with E-state index < -0.39 is 11.6 Å². The molecule has 0 saturated heterocycles. The maximum absolute atomic E-state index is 13.6. The number of ketones is 1. The van der Waals surface area contributed by atoms with Crippen molar-refractivity contribution in [3.63, 3.8) is 0 Å². The summed E-state index contributed by atoms with van der Waals surface area (Å²) in [6, 6.07) is 6.68. The molecule has 0 atom stereocenters. The number of aromatic nitrogens is 4. The number of rotatable bonds is 6. The number of nitrogens with zero attached hydrogens (tertiary/aromatic N) is 4. The van der Waals surface area contributed by atoms with Gasteiger partial charge in [0, 0.05) is 30.4 Å². The minimum absolute atomic E-state index is 0.0409. The van der Waals surface area contributed by atoms with Crippen molar-refractivity contribution in [2.24, 2.45) is 0 Å². The first-order valence-corrected chi connectivity index (χ1v) is 8.22. The molecule has 2 N–H and O–H groups in total. The van der Waals surface area contributed by atoms with Gasteiger partial charge < -0.3 is 5.84 Å². The van der Waals surface area contributed by atoms with Crippen molar-refractivity contribution in [3.8, 4) is 11.4 Å². The van der Waals surface area contributed by atoms with Crippen LogP contribution >= 0.6 is 11.8 Å². The summed E-state index contributed by atoms with van der Waals surface area (Å²) in [4.78, 5) is 16.0. The van der Waals surface area contributed by atoms with Gasteiger partial charge in [-0.1, -0.05) is 17.8 Å². The van der Waals surface area contributed by atoms with Crippen molar-refractivity contribution < 1.29 is 13.6 Å². The number of carbonyl (C=O) groups is 1. The summed E-state index contributed by atoms with van der Waals surface area (Å²) in [7, 11) is 0. The average Bonchev–Trinajstić information content (AvgIpc) is 2.97. The minimum atomic E-state index is -0.737. The summed E-state index contributed by atoms with van der Waals surface area (Å²) in [6.45, 7) is 0. The van der Waals surface area contributed by atoms with Gasteiger partial charge >= 0.3 is 0 Å². The molecule has 0 spiro atoms. The number of hydrogen-bond donors (Lipinski definition) is 1. The van der Waals surface area contributed by atoms with Crippen molar-refractivity contribution in [1.82, 2.24) is 19.9 Å². The highest BCUT2D eigenvalue weighted by Gasteiger charge is 2.15. The van der Waals surface area contributed by atoms with Gasteiger partial charge in [0.15, 0.2) is 5.82 Å². The SMILES string of the molecule is Nn1c(SCC(=O)Cc2ccc(F)cc2F)nnc1-c1cccnc1. The van der Waals surface area contributed by atoms with Crippen molar-refractivity contribution in [3.05, 3.63) is 59.9 Å². The third-order valence-corrected chi connectivity index (χ3v) is 4.35. The number of nitrogens with two attached hydrogens (primary N) is 1. The number of Topliss-reactive ketones (excluding diaryl/α,β-unsaturated/α-hetero) is 1. The number of thioether (sulfide) groups is 1. The van der Waals surface area contributed by atoms with E-state index in [2.05, 4.69) is 15.2 Å². The molecule has 3 aromatic rings. The molecule has 1 aromatic carbocycles. The van der Waals surface area contributed by atoms with Gasteiger partial charge in [0.25, 0.3) is 0 Å². The fourth-order valence-electron chi connectivity index (χ4n) is 2.14. The lowest BCUT2D eigenvalue weighted by Gasteiger charge is -2.04. The molecule has 0 fully saturated rings. The summed E-state index contributed by atoms with van der Waals surface area (Å²) in [5.41, 5.74) is 0.848. The molecule has 0 bridgehead atoms. The highest BCUT2D eigenvalue weighted by Crippen LogP contribution is 2.21. The zero-order valence-corrected chi connectivity index (χ0v) is 13.7. The van der Waals surface area contributed by atoms with E-state index in [4.69, 9.17) is 5.84 Å². The summed E-state index contributed by atoms with van der Waals surface area (Å²) >= 11 is 1.10. The van der Waals surface area contributed by atoms with E-state index in [0.29, 0.717) is 16.5 Å². The minimum Gasteiger partial charge on any atom is -0.335 e. The standard InChI is InChI=1S/C16H13F2N5OS/c17-12-4-3-10(14(18)7-12)6-13(24)9-25-16-22-21-15(23(16)19)11-2-1-5-20-8-11/h1-5,7-8H,6,9,19H2. The van der Waals surface area contributed by atoms with Crippen LogP contribution in [0.4, 0.5) is 8.78 Å². The smallest absolute Gasteiger partial charge is 0.210 e. The number of halogens is 2. The van der Waals surface area contributed by atoms with Crippen LogP contribution in [0.5, 0.6) is 0 Å². The molecule has 0 amide bonds. The predicted molar refractivity (Wildman–Crippen MR) is 89.2 cm³/mol. The van der Waals surface area contributed by atoms with Crippen molar-refractivity contribution >= 4 is 17.5 Å². The number of benzene rings is 1. The van der Waals surface area contributed by atoms with Crippen LogP contribution in [0.25, 0.3) is 11.4 Å². The second-order valence-electron chi connectivity index (χ2n) is 5.16. The first kappa shape index (κ1) is 17.0. The van der Waals surface area contributed by atoms with Crippen LogP contribution in [0, 0.1) is 11.6 Å². The Labute approximate surface area is 146 Å². The number of pyridine rings is 1. The molecule has 9 heteroatoms. The Morgan fingerprint density at radius 1 is 1.24 bits per heavy atom. The Hall–Kier alpha value is -2.81. The van der Waals surface area contributed by atoms with Crippen molar-refractivity contribution in [2.75, 3.05) is 11.6 Å². The van der Waals surface area contributed by atoms with Gasteiger partial charge in [-0.05, 0) is 23.8 Å². The average molecular weight is 361 g/mol. The number of hydrogen-bond acceptors (Lipinski definition) is 6. The second kappa shape index (κ2) is 7.39. The van der Waals surface area contributed by atoms with Gasteiger partial charge in [0.1, 0.15) is 17.4 Å². The third-order valence-electron chi connectivity index (χ3n) is 3.35. The normalized spacial score (nSPS) is 10.8. The van der Waals surface area contributed by atoms with Crippen LogP contribution in [0.15, 0.2) is 47.9 Å². The zero-order chi connectivity index (χ0) is 17.8. The molecule has 25 heavy (non-hydrogen) atoms. The first-order chi connectivity index (χ1) is 12.0. The van der Waals surface area contributed by atoms with Gasteiger partial charge in [-0.15, -0.1) is 10.2 Å². The summed E-state index contributed by atoms with van der Waals surface area (Å²) in [5, 5.41) is 8.29. The highest BCUT2D eigenvalue weighted by atomic mass is 32.2. The fourth-order valence-corrected chi connectivity index (χ4v) is 2.86. The molecular weight excluding hydrogens is 348 g/mol. The second-order valence-corrected chi connectivity index (χ2v) is 6.10. The molecule has 0 saturated carbocycles. The highest BCUT2D eigenvalue weighted by molar-refractivity contribution is 7.99. The molecule has 0 aliphatic heterocycles. The van der Waals surface area contributed by atoms with Crippen LogP contribution in [0.1, 0.15) is 5.56 Å². The van der Waals surface area contributed by atoms with Gasteiger partial charge in [0.05, 0.1) is 5.75 Å². The van der Waals surface area contributed by atoms with E-state index in [-0.39, 0.29) is 23.5 Å². The fraction of sp³-hybridized carbons (Fsp3) is 0.125. The number of carbonyl (C=O) groups excluding carboxylic acids is 1. The van der Waals surface area contributed by atoms with Crippen LogP contribution in [0.3, 0.4) is 0 Å². The summed E-state index contributed by atoms with van der Waals surface area (Å²) in [6.07, 6.45) is 3.10. The van der Waals surface area contributed by atoms with Gasteiger partial charge in [-0.2, -0.15) is 0 Å². The van der Waals surface area contributed by atoms with E-state index in [0.717, 1.165) is 23.9 Å². The van der Waals surface area contributed by atoms with E-state index in [9.17, 15) is 13.6 Å². The summed E-state index contributed by atoms with van der Waals surface area (Å²) in [5.74, 6) is 4.76. The maximum Gasteiger partial charge on any atom is 0.210 e. The maximum atomic E-state index is 13.6. The Balaban J connectivity index is 1.64. The molecule has 2 heterocycles. The summed E-state index contributed by atoms with van der Waals surface area (Å²) < 4.78 is 27.7. The molecule has 128 valence electrons.